The lowest BCUT2D eigenvalue weighted by Gasteiger charge is -2.36. The molecule has 1 atom stereocenters. The zero-order chi connectivity index (χ0) is 8.60. The molecule has 0 radical (unpaired) electrons. The first-order valence-electron chi connectivity index (χ1n) is 5.03. The molecule has 1 unspecified atom stereocenters. The van der Waals surface area contributed by atoms with E-state index in [2.05, 4.69) is 12.2 Å². The minimum atomic E-state index is 0.250. The zero-order valence-corrected chi connectivity index (χ0v) is 7.73. The standard InChI is InChI=1S/C10H17NO/c1-2-10(8-3-4-8)6-5-9(12)11-7-10/h8H,2-7H2,1H3,(H,11,12). The summed E-state index contributed by atoms with van der Waals surface area (Å²) in [5, 5.41) is 3.01. The molecule has 2 fully saturated rings. The maximum absolute atomic E-state index is 11.0. The van der Waals surface area contributed by atoms with Crippen LogP contribution in [-0.2, 0) is 4.79 Å². The van der Waals surface area contributed by atoms with E-state index in [9.17, 15) is 4.79 Å². The van der Waals surface area contributed by atoms with Crippen molar-refractivity contribution >= 4 is 5.91 Å². The van der Waals surface area contributed by atoms with Gasteiger partial charge >= 0.3 is 0 Å². The zero-order valence-electron chi connectivity index (χ0n) is 7.73. The number of rotatable bonds is 2. The molecule has 2 aliphatic rings. The molecule has 2 rings (SSSR count). The average Bonchev–Trinajstić information content (AvgIpc) is 2.90. The number of amides is 1. The van der Waals surface area contributed by atoms with Crippen LogP contribution < -0.4 is 5.32 Å². The van der Waals surface area contributed by atoms with Crippen molar-refractivity contribution in [1.29, 1.82) is 0 Å². The quantitative estimate of drug-likeness (QED) is 0.666. The lowest BCUT2D eigenvalue weighted by molar-refractivity contribution is -0.124. The smallest absolute Gasteiger partial charge is 0.220 e. The molecule has 1 saturated heterocycles. The lowest BCUT2D eigenvalue weighted by atomic mass is 9.74. The fourth-order valence-corrected chi connectivity index (χ4v) is 2.45. The van der Waals surface area contributed by atoms with Crippen LogP contribution in [0.2, 0.25) is 0 Å². The Kier molecular flexibility index (Phi) is 1.85. The van der Waals surface area contributed by atoms with Gasteiger partial charge in [-0.05, 0) is 37.0 Å². The van der Waals surface area contributed by atoms with Crippen LogP contribution in [0.4, 0.5) is 0 Å². The number of hydrogen-bond donors (Lipinski definition) is 1. The molecule has 0 aromatic heterocycles. The van der Waals surface area contributed by atoms with Crippen molar-refractivity contribution in [2.75, 3.05) is 6.54 Å². The van der Waals surface area contributed by atoms with E-state index in [1.165, 1.54) is 19.3 Å². The highest BCUT2D eigenvalue weighted by Crippen LogP contribution is 2.51. The largest absolute Gasteiger partial charge is 0.356 e. The molecule has 68 valence electrons. The van der Waals surface area contributed by atoms with Crippen LogP contribution in [0.25, 0.3) is 0 Å². The Bertz CT molecular complexity index is 186. The van der Waals surface area contributed by atoms with E-state index in [1.54, 1.807) is 0 Å². The first-order chi connectivity index (χ1) is 5.77. The molecule has 1 aliphatic heterocycles. The van der Waals surface area contributed by atoms with Crippen molar-refractivity contribution in [3.63, 3.8) is 0 Å². The Morgan fingerprint density at radius 2 is 2.33 bits per heavy atom. The number of carbonyl (C=O) groups is 1. The molecule has 0 aromatic carbocycles. The van der Waals surface area contributed by atoms with Crippen LogP contribution >= 0.6 is 0 Å². The summed E-state index contributed by atoms with van der Waals surface area (Å²) in [6.07, 6.45) is 5.90. The molecule has 1 saturated carbocycles. The summed E-state index contributed by atoms with van der Waals surface area (Å²) >= 11 is 0. The maximum atomic E-state index is 11.0. The Labute approximate surface area is 73.7 Å². The van der Waals surface area contributed by atoms with Crippen molar-refractivity contribution in [1.82, 2.24) is 5.32 Å². The van der Waals surface area contributed by atoms with Crippen molar-refractivity contribution in [2.24, 2.45) is 11.3 Å². The lowest BCUT2D eigenvalue weighted by Crippen LogP contribution is -2.44. The maximum Gasteiger partial charge on any atom is 0.220 e. The highest BCUT2D eigenvalue weighted by Gasteiger charge is 2.45. The minimum absolute atomic E-state index is 0.250. The summed E-state index contributed by atoms with van der Waals surface area (Å²) in [6, 6.07) is 0. The van der Waals surface area contributed by atoms with E-state index in [-0.39, 0.29) is 5.91 Å². The van der Waals surface area contributed by atoms with E-state index < -0.39 is 0 Å². The van der Waals surface area contributed by atoms with Gasteiger partial charge in [0.15, 0.2) is 0 Å². The summed E-state index contributed by atoms with van der Waals surface area (Å²) < 4.78 is 0. The molecule has 2 heteroatoms. The van der Waals surface area contributed by atoms with E-state index >= 15 is 0 Å². The molecule has 1 aliphatic carbocycles. The van der Waals surface area contributed by atoms with Crippen LogP contribution in [0, 0.1) is 11.3 Å². The van der Waals surface area contributed by atoms with E-state index in [4.69, 9.17) is 0 Å². The summed E-state index contributed by atoms with van der Waals surface area (Å²) in [5.74, 6) is 1.17. The molecule has 0 bridgehead atoms. The molecule has 0 spiro atoms. The second-order valence-corrected chi connectivity index (χ2v) is 4.27. The van der Waals surface area contributed by atoms with Gasteiger partial charge in [0.05, 0.1) is 0 Å². The molecule has 2 nitrogen and oxygen atoms in total. The first-order valence-corrected chi connectivity index (χ1v) is 5.03. The van der Waals surface area contributed by atoms with Crippen LogP contribution in [0.1, 0.15) is 39.0 Å². The van der Waals surface area contributed by atoms with Crippen LogP contribution in [0.5, 0.6) is 0 Å². The molecule has 1 amide bonds. The summed E-state index contributed by atoms with van der Waals surface area (Å²) in [6.45, 7) is 3.20. The normalized spacial score (nSPS) is 36.2. The van der Waals surface area contributed by atoms with Gasteiger partial charge in [0.1, 0.15) is 0 Å². The van der Waals surface area contributed by atoms with Crippen LogP contribution in [-0.4, -0.2) is 12.5 Å². The van der Waals surface area contributed by atoms with Crippen LogP contribution in [0.15, 0.2) is 0 Å². The third kappa shape index (κ3) is 1.23. The number of nitrogens with one attached hydrogen (secondary N) is 1. The topological polar surface area (TPSA) is 29.1 Å². The second kappa shape index (κ2) is 2.75. The molecule has 12 heavy (non-hydrogen) atoms. The Morgan fingerprint density at radius 3 is 2.75 bits per heavy atom. The second-order valence-electron chi connectivity index (χ2n) is 4.27. The van der Waals surface area contributed by atoms with Gasteiger partial charge in [0.25, 0.3) is 0 Å². The SMILES string of the molecule is CCC1(C2CC2)CCC(=O)NC1. The van der Waals surface area contributed by atoms with Gasteiger partial charge in [-0.25, -0.2) is 0 Å². The third-order valence-electron chi connectivity index (χ3n) is 3.64. The number of piperidine rings is 1. The van der Waals surface area contributed by atoms with Crippen LogP contribution in [0.3, 0.4) is 0 Å². The molecule has 1 N–H and O–H groups in total. The minimum Gasteiger partial charge on any atom is -0.356 e. The van der Waals surface area contributed by atoms with E-state index in [1.807, 2.05) is 0 Å². The van der Waals surface area contributed by atoms with Gasteiger partial charge in [0, 0.05) is 13.0 Å². The van der Waals surface area contributed by atoms with Crippen molar-refractivity contribution in [3.8, 4) is 0 Å². The Hall–Kier alpha value is -0.530. The molecule has 1 heterocycles. The Morgan fingerprint density at radius 1 is 1.58 bits per heavy atom. The van der Waals surface area contributed by atoms with E-state index in [0.29, 0.717) is 5.41 Å². The fourth-order valence-electron chi connectivity index (χ4n) is 2.45. The molecular weight excluding hydrogens is 150 g/mol. The average molecular weight is 167 g/mol. The fraction of sp³-hybridized carbons (Fsp3) is 0.900. The van der Waals surface area contributed by atoms with Crippen molar-refractivity contribution in [2.45, 2.75) is 39.0 Å². The van der Waals surface area contributed by atoms with Gasteiger partial charge in [-0.1, -0.05) is 6.92 Å². The highest BCUT2D eigenvalue weighted by atomic mass is 16.1. The summed E-state index contributed by atoms with van der Waals surface area (Å²) in [4.78, 5) is 11.0. The predicted molar refractivity (Wildman–Crippen MR) is 47.7 cm³/mol. The third-order valence-corrected chi connectivity index (χ3v) is 3.64. The Balaban J connectivity index is 2.02. The van der Waals surface area contributed by atoms with E-state index in [0.717, 1.165) is 25.3 Å². The first kappa shape index (κ1) is 8.09. The monoisotopic (exact) mass is 167 g/mol. The van der Waals surface area contributed by atoms with Gasteiger partial charge < -0.3 is 5.32 Å². The van der Waals surface area contributed by atoms with Gasteiger partial charge in [-0.3, -0.25) is 4.79 Å². The molecule has 0 aromatic rings. The van der Waals surface area contributed by atoms with Gasteiger partial charge in [-0.2, -0.15) is 0 Å². The number of carbonyl (C=O) groups excluding carboxylic acids is 1. The predicted octanol–water partition coefficient (Wildman–Crippen LogP) is 1.70. The van der Waals surface area contributed by atoms with Gasteiger partial charge in [-0.15, -0.1) is 0 Å². The molecular formula is C10H17NO. The summed E-state index contributed by atoms with van der Waals surface area (Å²) in [7, 11) is 0. The summed E-state index contributed by atoms with van der Waals surface area (Å²) in [5.41, 5.74) is 0.480. The van der Waals surface area contributed by atoms with Crippen molar-refractivity contribution in [3.05, 3.63) is 0 Å². The van der Waals surface area contributed by atoms with Gasteiger partial charge in [0.2, 0.25) is 5.91 Å². The highest BCUT2D eigenvalue weighted by molar-refractivity contribution is 5.76. The number of hydrogen-bond acceptors (Lipinski definition) is 1. The van der Waals surface area contributed by atoms with Crippen molar-refractivity contribution < 1.29 is 4.79 Å².